The summed E-state index contributed by atoms with van der Waals surface area (Å²) in [4.78, 5) is 5.44. The van der Waals surface area contributed by atoms with E-state index in [0.29, 0.717) is 24.8 Å². The van der Waals surface area contributed by atoms with Gasteiger partial charge in [0, 0.05) is 31.1 Å². The minimum absolute atomic E-state index is 0.328. The van der Waals surface area contributed by atoms with Crippen LogP contribution in [0.1, 0.15) is 35.4 Å². The number of likely N-dealkylation sites (tertiary alicyclic amines) is 1. The van der Waals surface area contributed by atoms with Crippen LogP contribution in [0.15, 0.2) is 42.5 Å². The van der Waals surface area contributed by atoms with Crippen molar-refractivity contribution in [2.24, 2.45) is 5.92 Å². The number of rotatable bonds is 3. The summed E-state index contributed by atoms with van der Waals surface area (Å²) in [5.41, 5.74) is 3.40. The molecule has 4 fully saturated rings. The topological polar surface area (TPSA) is 48.7 Å². The van der Waals surface area contributed by atoms with E-state index in [9.17, 15) is 0 Å². The Balaban J connectivity index is 1.32. The average molecular weight is 387 g/mol. The second-order valence-corrected chi connectivity index (χ2v) is 8.81. The lowest BCUT2D eigenvalue weighted by molar-refractivity contribution is -0.00869. The number of piperidine rings is 3. The van der Waals surface area contributed by atoms with Crippen LogP contribution in [-0.4, -0.2) is 48.3 Å². The molecule has 3 atom stereocenters. The fourth-order valence-corrected chi connectivity index (χ4v) is 6.08. The van der Waals surface area contributed by atoms with Crippen LogP contribution in [0, 0.1) is 17.2 Å². The summed E-state index contributed by atoms with van der Waals surface area (Å²) in [5.74, 6) is 3.04. The zero-order valence-corrected chi connectivity index (χ0v) is 16.5. The first-order chi connectivity index (χ1) is 14.3. The lowest BCUT2D eigenvalue weighted by Crippen LogP contribution is -2.59. The highest BCUT2D eigenvalue weighted by Crippen LogP contribution is 2.48. The van der Waals surface area contributed by atoms with Gasteiger partial charge in [-0.05, 0) is 67.2 Å². The highest BCUT2D eigenvalue weighted by Gasteiger charge is 2.53. The van der Waals surface area contributed by atoms with Crippen LogP contribution in [0.2, 0.25) is 0 Å². The number of nitrogens with zero attached hydrogens (tertiary/aromatic N) is 3. The molecule has 5 aliphatic heterocycles. The van der Waals surface area contributed by atoms with Crippen molar-refractivity contribution in [2.75, 3.05) is 26.4 Å². The van der Waals surface area contributed by atoms with Crippen molar-refractivity contribution in [2.45, 2.75) is 37.4 Å². The third-order valence-electron chi connectivity index (χ3n) is 7.39. The van der Waals surface area contributed by atoms with E-state index in [0.717, 1.165) is 36.1 Å². The van der Waals surface area contributed by atoms with E-state index in [4.69, 9.17) is 14.7 Å². The van der Waals surface area contributed by atoms with Gasteiger partial charge in [0.25, 0.3) is 0 Å². The van der Waals surface area contributed by atoms with Gasteiger partial charge in [0.15, 0.2) is 11.5 Å². The molecule has 0 amide bonds. The van der Waals surface area contributed by atoms with Gasteiger partial charge < -0.3 is 9.47 Å². The van der Waals surface area contributed by atoms with Crippen molar-refractivity contribution in [3.8, 4) is 17.6 Å². The minimum Gasteiger partial charge on any atom is -0.454 e. The predicted molar refractivity (Wildman–Crippen MR) is 109 cm³/mol. The van der Waals surface area contributed by atoms with Crippen molar-refractivity contribution in [1.82, 2.24) is 9.80 Å². The van der Waals surface area contributed by atoms with E-state index < -0.39 is 0 Å². The Morgan fingerprint density at radius 1 is 0.966 bits per heavy atom. The molecule has 5 nitrogen and oxygen atoms in total. The monoisotopic (exact) mass is 387 g/mol. The van der Waals surface area contributed by atoms with Crippen LogP contribution in [0.25, 0.3) is 0 Å². The zero-order chi connectivity index (χ0) is 19.4. The summed E-state index contributed by atoms with van der Waals surface area (Å²) >= 11 is 0. The Hall–Kier alpha value is -2.55. The Morgan fingerprint density at radius 2 is 1.76 bits per heavy atom. The van der Waals surface area contributed by atoms with Crippen LogP contribution < -0.4 is 9.47 Å². The van der Waals surface area contributed by atoms with Gasteiger partial charge in [-0.15, -0.1) is 0 Å². The maximum absolute atomic E-state index is 9.08. The Morgan fingerprint density at radius 3 is 2.55 bits per heavy atom. The van der Waals surface area contributed by atoms with E-state index in [-0.39, 0.29) is 0 Å². The molecule has 0 spiro atoms. The predicted octanol–water partition coefficient (Wildman–Crippen LogP) is 3.35. The second kappa shape index (κ2) is 6.76. The first kappa shape index (κ1) is 17.3. The minimum atomic E-state index is 0.328. The van der Waals surface area contributed by atoms with Gasteiger partial charge in [-0.3, -0.25) is 9.80 Å². The molecule has 2 aromatic carbocycles. The maximum atomic E-state index is 9.08. The number of fused-ring (bicyclic) bond motifs is 3. The molecule has 5 heteroatoms. The Bertz CT molecular complexity index is 959. The number of benzene rings is 2. The highest BCUT2D eigenvalue weighted by atomic mass is 16.7. The normalized spacial score (nSPS) is 32.2. The molecule has 29 heavy (non-hydrogen) atoms. The molecule has 5 heterocycles. The molecule has 0 aromatic heterocycles. The van der Waals surface area contributed by atoms with Crippen molar-refractivity contribution in [3.63, 3.8) is 0 Å². The van der Waals surface area contributed by atoms with Crippen molar-refractivity contribution in [3.05, 3.63) is 59.2 Å². The molecular formula is C24H25N3O2. The van der Waals surface area contributed by atoms with Crippen LogP contribution in [-0.2, 0) is 6.54 Å². The van der Waals surface area contributed by atoms with Crippen LogP contribution in [0.3, 0.4) is 0 Å². The molecule has 2 aromatic rings. The average Bonchev–Trinajstić information content (AvgIpc) is 3.40. The molecule has 0 saturated carbocycles. The van der Waals surface area contributed by atoms with Crippen molar-refractivity contribution >= 4 is 0 Å². The van der Waals surface area contributed by atoms with E-state index in [1.165, 1.54) is 37.1 Å². The Labute approximate surface area is 171 Å². The summed E-state index contributed by atoms with van der Waals surface area (Å²) < 4.78 is 11.2. The second-order valence-electron chi connectivity index (χ2n) is 8.81. The molecule has 148 valence electrons. The fourth-order valence-electron chi connectivity index (χ4n) is 6.08. The van der Waals surface area contributed by atoms with E-state index >= 15 is 0 Å². The largest absolute Gasteiger partial charge is 0.454 e. The lowest BCUT2D eigenvalue weighted by atomic mass is 9.75. The van der Waals surface area contributed by atoms with Crippen LogP contribution in [0.4, 0.5) is 0 Å². The summed E-state index contributed by atoms with van der Waals surface area (Å²) in [7, 11) is 0. The van der Waals surface area contributed by atoms with E-state index in [2.05, 4.69) is 46.2 Å². The van der Waals surface area contributed by atoms with Gasteiger partial charge in [0.05, 0.1) is 11.6 Å². The third-order valence-corrected chi connectivity index (χ3v) is 7.39. The fraction of sp³-hybridized carbons (Fsp3) is 0.458. The van der Waals surface area contributed by atoms with Gasteiger partial charge in [0.1, 0.15) is 0 Å². The molecule has 4 saturated heterocycles. The molecular weight excluding hydrogens is 362 g/mol. The van der Waals surface area contributed by atoms with Gasteiger partial charge in [-0.25, -0.2) is 0 Å². The quantitative estimate of drug-likeness (QED) is 0.808. The highest BCUT2D eigenvalue weighted by molar-refractivity contribution is 5.46. The van der Waals surface area contributed by atoms with Gasteiger partial charge in [0.2, 0.25) is 6.79 Å². The molecule has 0 N–H and O–H groups in total. The molecule has 0 aliphatic carbocycles. The number of hydrogen-bond acceptors (Lipinski definition) is 5. The Kier molecular flexibility index (Phi) is 4.04. The van der Waals surface area contributed by atoms with E-state index in [1.807, 2.05) is 12.1 Å². The number of nitriles is 1. The van der Waals surface area contributed by atoms with Gasteiger partial charge in [-0.2, -0.15) is 5.26 Å². The SMILES string of the molecule is N#Cc1ccc(CN2C[C@@H](c3ccc4c(c3)OCO4)[C@@H]3[C@H]2C2CCN3CC2)cc1. The van der Waals surface area contributed by atoms with Gasteiger partial charge >= 0.3 is 0 Å². The zero-order valence-electron chi connectivity index (χ0n) is 16.5. The molecule has 5 aliphatic rings. The first-order valence-corrected chi connectivity index (χ1v) is 10.7. The third kappa shape index (κ3) is 2.82. The van der Waals surface area contributed by atoms with Gasteiger partial charge in [-0.1, -0.05) is 18.2 Å². The van der Waals surface area contributed by atoms with Crippen molar-refractivity contribution < 1.29 is 9.47 Å². The lowest BCUT2D eigenvalue weighted by Gasteiger charge is -2.51. The van der Waals surface area contributed by atoms with Crippen molar-refractivity contribution in [1.29, 1.82) is 5.26 Å². The summed E-state index contributed by atoms with van der Waals surface area (Å²) in [6.07, 6.45) is 2.64. The summed E-state index contributed by atoms with van der Waals surface area (Å²) in [6.45, 7) is 4.82. The standard InChI is InChI=1S/C24H25N3O2/c25-12-16-1-3-17(4-2-16)13-27-14-20(19-5-6-21-22(11-19)29-15-28-21)24-23(27)18-7-9-26(24)10-8-18/h1-6,11,18,20,23-24H,7-10,13-15H2/t20-,23+,24+/m0/s1. The smallest absolute Gasteiger partial charge is 0.231 e. The number of ether oxygens (including phenoxy) is 2. The number of hydrogen-bond donors (Lipinski definition) is 0. The van der Waals surface area contributed by atoms with Crippen LogP contribution in [0.5, 0.6) is 11.5 Å². The van der Waals surface area contributed by atoms with E-state index in [1.54, 1.807) is 0 Å². The first-order valence-electron chi connectivity index (χ1n) is 10.7. The maximum Gasteiger partial charge on any atom is 0.231 e. The molecule has 7 rings (SSSR count). The molecule has 2 bridgehead atoms. The summed E-state index contributed by atoms with van der Waals surface area (Å²) in [6, 6.07) is 18.0. The summed E-state index contributed by atoms with van der Waals surface area (Å²) in [5, 5.41) is 9.08. The molecule has 0 unspecified atom stereocenters. The van der Waals surface area contributed by atoms with Crippen LogP contribution >= 0.6 is 0 Å². The molecule has 0 radical (unpaired) electrons.